The molecule has 1 aromatic rings. The number of ether oxygens (including phenoxy) is 1. The van der Waals surface area contributed by atoms with Gasteiger partial charge in [0.2, 0.25) is 0 Å². The molecule has 0 aromatic heterocycles. The summed E-state index contributed by atoms with van der Waals surface area (Å²) in [6.07, 6.45) is 6.56. The van der Waals surface area contributed by atoms with Gasteiger partial charge in [-0.15, -0.1) is 0 Å². The van der Waals surface area contributed by atoms with Gasteiger partial charge in [-0.3, -0.25) is 4.90 Å². The molecule has 0 spiro atoms. The average Bonchev–Trinajstić information content (AvgIpc) is 2.40. The molecular weight excluding hydrogens is 246 g/mol. The van der Waals surface area contributed by atoms with Crippen molar-refractivity contribution < 1.29 is 4.74 Å². The van der Waals surface area contributed by atoms with Crippen LogP contribution in [0.1, 0.15) is 52.0 Å². The number of benzene rings is 1. The summed E-state index contributed by atoms with van der Waals surface area (Å²) >= 11 is 0. The monoisotopic (exact) mass is 275 g/mol. The zero-order chi connectivity index (χ0) is 14.6. The molecule has 2 rings (SSSR count). The molecule has 0 radical (unpaired) electrons. The molecule has 112 valence electrons. The summed E-state index contributed by atoms with van der Waals surface area (Å²) in [4.78, 5) is 2.41. The topological polar surface area (TPSA) is 12.5 Å². The van der Waals surface area contributed by atoms with E-state index >= 15 is 0 Å². The van der Waals surface area contributed by atoms with Crippen LogP contribution in [0.15, 0.2) is 30.3 Å². The molecule has 2 heteroatoms. The maximum absolute atomic E-state index is 6.11. The van der Waals surface area contributed by atoms with Gasteiger partial charge in [-0.05, 0) is 65.5 Å². The van der Waals surface area contributed by atoms with Crippen molar-refractivity contribution in [1.29, 1.82) is 0 Å². The smallest absolute Gasteiger partial charge is 0.111 e. The van der Waals surface area contributed by atoms with Gasteiger partial charge in [0.15, 0.2) is 0 Å². The van der Waals surface area contributed by atoms with Gasteiger partial charge >= 0.3 is 0 Å². The Balaban J connectivity index is 1.76. The number of hydrogen-bond donors (Lipinski definition) is 0. The molecule has 1 aromatic carbocycles. The summed E-state index contributed by atoms with van der Waals surface area (Å²) in [5, 5.41) is 0. The fourth-order valence-corrected chi connectivity index (χ4v) is 3.20. The summed E-state index contributed by atoms with van der Waals surface area (Å²) in [6.45, 7) is 6.84. The zero-order valence-electron chi connectivity index (χ0n) is 13.4. The maximum Gasteiger partial charge on any atom is 0.111 e. The van der Waals surface area contributed by atoms with E-state index in [0.717, 1.165) is 12.8 Å². The van der Waals surface area contributed by atoms with Crippen molar-refractivity contribution >= 4 is 0 Å². The van der Waals surface area contributed by atoms with Crippen molar-refractivity contribution in [3.05, 3.63) is 35.9 Å². The molecule has 2 atom stereocenters. The van der Waals surface area contributed by atoms with E-state index in [2.05, 4.69) is 63.1 Å². The summed E-state index contributed by atoms with van der Waals surface area (Å²) < 4.78 is 6.11. The van der Waals surface area contributed by atoms with Crippen molar-refractivity contribution in [2.45, 2.75) is 70.7 Å². The Morgan fingerprint density at radius 1 is 1.20 bits per heavy atom. The zero-order valence-corrected chi connectivity index (χ0v) is 13.4. The van der Waals surface area contributed by atoms with E-state index in [9.17, 15) is 0 Å². The highest BCUT2D eigenvalue weighted by Crippen LogP contribution is 2.31. The molecule has 1 aliphatic rings. The first-order valence-corrected chi connectivity index (χ1v) is 7.91. The largest absolute Gasteiger partial charge is 0.360 e. The fraction of sp³-hybridized carbons (Fsp3) is 0.667. The Kier molecular flexibility index (Phi) is 5.22. The normalized spacial score (nSPS) is 26.6. The van der Waals surface area contributed by atoms with Crippen LogP contribution in [-0.4, -0.2) is 29.8 Å². The summed E-state index contributed by atoms with van der Waals surface area (Å²) in [5.41, 5.74) is 1.70. The van der Waals surface area contributed by atoms with Gasteiger partial charge in [0.25, 0.3) is 0 Å². The lowest BCUT2D eigenvalue weighted by atomic mass is 9.92. The number of rotatable bonds is 5. The molecule has 0 N–H and O–H groups in total. The van der Waals surface area contributed by atoms with E-state index in [4.69, 9.17) is 4.74 Å². The van der Waals surface area contributed by atoms with Crippen molar-refractivity contribution in [2.24, 2.45) is 0 Å². The lowest BCUT2D eigenvalue weighted by Gasteiger charge is -2.48. The summed E-state index contributed by atoms with van der Waals surface area (Å²) in [6, 6.07) is 10.8. The van der Waals surface area contributed by atoms with Crippen molar-refractivity contribution in [3.8, 4) is 0 Å². The number of nitrogens with zero attached hydrogens (tertiary/aromatic N) is 1. The molecule has 0 aliphatic carbocycles. The van der Waals surface area contributed by atoms with Crippen LogP contribution >= 0.6 is 0 Å². The maximum atomic E-state index is 6.11. The third-order valence-corrected chi connectivity index (χ3v) is 4.57. The van der Waals surface area contributed by atoms with Crippen LogP contribution < -0.4 is 0 Å². The predicted molar refractivity (Wildman–Crippen MR) is 84.8 cm³/mol. The van der Waals surface area contributed by atoms with Crippen LogP contribution in [0.3, 0.4) is 0 Å². The van der Waals surface area contributed by atoms with Gasteiger partial charge in [-0.2, -0.15) is 0 Å². The number of hydrogen-bond acceptors (Lipinski definition) is 2. The second-order valence-corrected chi connectivity index (χ2v) is 6.76. The van der Waals surface area contributed by atoms with Gasteiger partial charge in [-0.25, -0.2) is 0 Å². The lowest BCUT2D eigenvalue weighted by molar-refractivity contribution is -0.175. The molecule has 0 amide bonds. The van der Waals surface area contributed by atoms with Gasteiger partial charge in [0.05, 0.1) is 6.10 Å². The van der Waals surface area contributed by atoms with Crippen molar-refractivity contribution in [1.82, 2.24) is 4.90 Å². The molecule has 20 heavy (non-hydrogen) atoms. The van der Waals surface area contributed by atoms with Gasteiger partial charge < -0.3 is 4.74 Å². The molecule has 1 fully saturated rings. The van der Waals surface area contributed by atoms with E-state index < -0.39 is 0 Å². The van der Waals surface area contributed by atoms with Crippen LogP contribution in [0.2, 0.25) is 0 Å². The summed E-state index contributed by atoms with van der Waals surface area (Å²) in [5.74, 6) is 0. The van der Waals surface area contributed by atoms with Crippen LogP contribution in [0.5, 0.6) is 0 Å². The minimum absolute atomic E-state index is 0.252. The number of unbranched alkanes of at least 4 members (excludes halogenated alkanes) is 1. The lowest BCUT2D eigenvalue weighted by Crippen LogP contribution is -2.55. The quantitative estimate of drug-likeness (QED) is 0.745. The van der Waals surface area contributed by atoms with Crippen LogP contribution in [0.25, 0.3) is 0 Å². The highest BCUT2D eigenvalue weighted by Gasteiger charge is 2.37. The van der Waals surface area contributed by atoms with E-state index in [1.165, 1.54) is 24.8 Å². The molecule has 0 bridgehead atoms. The van der Waals surface area contributed by atoms with E-state index in [1.54, 1.807) is 0 Å². The molecule has 0 saturated carbocycles. The Hall–Kier alpha value is -0.860. The standard InChI is InChI=1S/C18H29NO/c1-15-14-18(2,3)19(4)17(20-15)13-9-8-12-16-10-6-5-7-11-16/h5-7,10-11,15,17H,8-9,12-14H2,1-4H3. The Bertz CT molecular complexity index is 401. The Morgan fingerprint density at radius 2 is 1.90 bits per heavy atom. The predicted octanol–water partition coefficient (Wildman–Crippen LogP) is 4.24. The minimum Gasteiger partial charge on any atom is -0.360 e. The Morgan fingerprint density at radius 3 is 2.60 bits per heavy atom. The van der Waals surface area contributed by atoms with Crippen LogP contribution in [0.4, 0.5) is 0 Å². The van der Waals surface area contributed by atoms with Crippen molar-refractivity contribution in [3.63, 3.8) is 0 Å². The first-order valence-electron chi connectivity index (χ1n) is 7.91. The van der Waals surface area contributed by atoms with E-state index in [0.29, 0.717) is 6.10 Å². The highest BCUT2D eigenvalue weighted by atomic mass is 16.5. The number of aryl methyl sites for hydroxylation is 1. The Labute approximate surface area is 124 Å². The second kappa shape index (κ2) is 6.73. The third kappa shape index (κ3) is 4.07. The van der Waals surface area contributed by atoms with Gasteiger partial charge in [-0.1, -0.05) is 30.3 Å². The molecule has 1 saturated heterocycles. The minimum atomic E-state index is 0.252. The van der Waals surface area contributed by atoms with E-state index in [-0.39, 0.29) is 11.8 Å². The van der Waals surface area contributed by atoms with Crippen molar-refractivity contribution in [2.75, 3.05) is 7.05 Å². The molecule has 1 heterocycles. The average molecular weight is 275 g/mol. The first kappa shape index (κ1) is 15.5. The SMILES string of the molecule is CC1CC(C)(C)N(C)C(CCCCc2ccccc2)O1. The van der Waals surface area contributed by atoms with Gasteiger partial charge in [0.1, 0.15) is 6.23 Å². The van der Waals surface area contributed by atoms with E-state index in [1.807, 2.05) is 0 Å². The van der Waals surface area contributed by atoms with Crippen LogP contribution in [0, 0.1) is 0 Å². The summed E-state index contributed by atoms with van der Waals surface area (Å²) in [7, 11) is 2.20. The molecule has 2 unspecified atom stereocenters. The first-order chi connectivity index (χ1) is 9.49. The highest BCUT2D eigenvalue weighted by molar-refractivity contribution is 5.14. The molecule has 2 nitrogen and oxygen atoms in total. The van der Waals surface area contributed by atoms with Crippen LogP contribution in [-0.2, 0) is 11.2 Å². The second-order valence-electron chi connectivity index (χ2n) is 6.76. The molecule has 1 aliphatic heterocycles. The fourth-order valence-electron chi connectivity index (χ4n) is 3.20. The molecular formula is C18H29NO. The third-order valence-electron chi connectivity index (χ3n) is 4.57. The van der Waals surface area contributed by atoms with Gasteiger partial charge in [0, 0.05) is 5.54 Å².